The van der Waals surface area contributed by atoms with Crippen LogP contribution in [0.5, 0.6) is 5.75 Å². The highest BCUT2D eigenvalue weighted by atomic mass is 31.2. The Morgan fingerprint density at radius 1 is 1.42 bits per heavy atom. The van der Waals surface area contributed by atoms with Crippen LogP contribution in [0.2, 0.25) is 0 Å². The van der Waals surface area contributed by atoms with E-state index in [0.717, 1.165) is 0 Å². The molecule has 0 saturated carbocycles. The summed E-state index contributed by atoms with van der Waals surface area (Å²) in [7, 11) is -3.03. The molecule has 0 aliphatic carbocycles. The highest BCUT2D eigenvalue weighted by Gasteiger charge is 2.08. The van der Waals surface area contributed by atoms with Crippen LogP contribution in [0, 0.1) is 5.82 Å². The quantitative estimate of drug-likeness (QED) is 0.723. The van der Waals surface area contributed by atoms with E-state index in [1.54, 1.807) is 0 Å². The lowest BCUT2D eigenvalue weighted by Gasteiger charge is -2.08. The molecule has 12 heavy (non-hydrogen) atoms. The third-order valence-electron chi connectivity index (χ3n) is 1.10. The summed E-state index contributed by atoms with van der Waals surface area (Å²) < 4.78 is 28.1. The molecule has 1 rings (SSSR count). The third kappa shape index (κ3) is 3.03. The minimum absolute atomic E-state index is 0.310. The van der Waals surface area contributed by atoms with Gasteiger partial charge in [0.25, 0.3) is 0 Å². The molecule has 0 bridgehead atoms. The van der Waals surface area contributed by atoms with Gasteiger partial charge in [-0.05, 0) is 24.3 Å². The maximum absolute atomic E-state index is 12.4. The number of hydrogen-bond acceptors (Lipinski definition) is 2. The number of hydrogen-bond donors (Lipinski definition) is 1. The highest BCUT2D eigenvalue weighted by molar-refractivity contribution is 7.56. The Kier molecular flexibility index (Phi) is 2.50. The highest BCUT2D eigenvalue weighted by Crippen LogP contribution is 2.33. The minimum atomic E-state index is -3.03. The van der Waals surface area contributed by atoms with Crippen LogP contribution in [0.15, 0.2) is 24.3 Å². The Morgan fingerprint density at radius 3 is 2.33 bits per heavy atom. The zero-order chi connectivity index (χ0) is 9.19. The average Bonchev–Trinajstić information content (AvgIpc) is 1.91. The van der Waals surface area contributed by atoms with Gasteiger partial charge in [-0.2, -0.15) is 0 Å². The van der Waals surface area contributed by atoms with Gasteiger partial charge in [-0.25, -0.2) is 9.89 Å². The van der Waals surface area contributed by atoms with Crippen LogP contribution < -0.4 is 10.0 Å². The topological polar surface area (TPSA) is 52.3 Å². The van der Waals surface area contributed by atoms with Crippen molar-refractivity contribution in [2.45, 2.75) is 0 Å². The van der Waals surface area contributed by atoms with Crippen molar-refractivity contribution in [1.82, 2.24) is 0 Å². The first-order chi connectivity index (χ1) is 5.47. The van der Waals surface area contributed by atoms with Gasteiger partial charge < -0.3 is 4.52 Å². The third-order valence-corrected chi connectivity index (χ3v) is 1.67. The van der Waals surface area contributed by atoms with Gasteiger partial charge >= 0.3 is 7.52 Å². The Bertz CT molecular complexity index is 306. The summed E-state index contributed by atoms with van der Waals surface area (Å²) in [5.74, 6) is -0.0601. The van der Waals surface area contributed by atoms with Crippen LogP contribution >= 0.6 is 7.52 Å². The normalized spacial score (nSPS) is 15.2. The van der Waals surface area contributed by atoms with Gasteiger partial charge in [-0.1, -0.05) is 0 Å². The summed E-state index contributed by atoms with van der Waals surface area (Å²) in [6.45, 7) is 1.29. The monoisotopic (exact) mass is 189 g/mol. The first-order valence-electron chi connectivity index (χ1n) is 3.29. The molecule has 0 radical (unpaired) electrons. The molecule has 0 saturated heterocycles. The van der Waals surface area contributed by atoms with Gasteiger partial charge in [0, 0.05) is 6.66 Å². The van der Waals surface area contributed by atoms with Crippen molar-refractivity contribution in [3.05, 3.63) is 30.1 Å². The van der Waals surface area contributed by atoms with Gasteiger partial charge in [0.2, 0.25) is 0 Å². The van der Waals surface area contributed by atoms with E-state index in [2.05, 4.69) is 0 Å². The second-order valence-electron chi connectivity index (χ2n) is 2.45. The molecule has 1 atom stereocenters. The smallest absolute Gasteiger partial charge is 0.310 e. The lowest BCUT2D eigenvalue weighted by atomic mass is 10.3. The van der Waals surface area contributed by atoms with Crippen molar-refractivity contribution in [1.29, 1.82) is 0 Å². The molecule has 1 aromatic carbocycles. The molecular weight excluding hydrogens is 180 g/mol. The number of benzene rings is 1. The zero-order valence-electron chi connectivity index (χ0n) is 6.53. The fraction of sp³-hybridized carbons (Fsp3) is 0.143. The molecular formula is C7H9FNO2P. The molecule has 0 amide bonds. The van der Waals surface area contributed by atoms with Crippen molar-refractivity contribution in [3.63, 3.8) is 0 Å². The van der Waals surface area contributed by atoms with Crippen LogP contribution in [0.3, 0.4) is 0 Å². The summed E-state index contributed by atoms with van der Waals surface area (Å²) in [5, 5.41) is 0. The second-order valence-corrected chi connectivity index (χ2v) is 4.45. The minimum Gasteiger partial charge on any atom is -0.433 e. The molecule has 1 unspecified atom stereocenters. The summed E-state index contributed by atoms with van der Waals surface area (Å²) >= 11 is 0. The first kappa shape index (κ1) is 9.23. The summed E-state index contributed by atoms with van der Waals surface area (Å²) in [5.41, 5.74) is 5.15. The van der Waals surface area contributed by atoms with Gasteiger partial charge in [0.1, 0.15) is 11.6 Å². The lowest BCUT2D eigenvalue weighted by Crippen LogP contribution is -1.99. The number of halogens is 1. The molecule has 5 heteroatoms. The van der Waals surface area contributed by atoms with E-state index in [9.17, 15) is 8.96 Å². The molecule has 0 fully saturated rings. The molecule has 2 N–H and O–H groups in total. The number of rotatable bonds is 2. The molecule has 66 valence electrons. The summed E-state index contributed by atoms with van der Waals surface area (Å²) in [6.07, 6.45) is 0. The van der Waals surface area contributed by atoms with Crippen LogP contribution in [0.4, 0.5) is 4.39 Å². The maximum atomic E-state index is 12.4. The van der Waals surface area contributed by atoms with E-state index in [-0.39, 0.29) is 5.82 Å². The predicted molar refractivity (Wildman–Crippen MR) is 44.7 cm³/mol. The zero-order valence-corrected chi connectivity index (χ0v) is 7.42. The standard InChI is InChI=1S/C7H9FNO2P/c1-12(9,10)11-7-4-2-6(8)3-5-7/h2-5H,1H3,(H2,9,10). The van der Waals surface area contributed by atoms with E-state index in [1.165, 1.54) is 30.9 Å². The molecule has 0 aliphatic rings. The maximum Gasteiger partial charge on any atom is 0.310 e. The summed E-state index contributed by atoms with van der Waals surface area (Å²) in [4.78, 5) is 0. The van der Waals surface area contributed by atoms with Gasteiger partial charge in [-0.15, -0.1) is 0 Å². The first-order valence-corrected chi connectivity index (χ1v) is 5.43. The molecule has 3 nitrogen and oxygen atoms in total. The van der Waals surface area contributed by atoms with Crippen LogP contribution in [0.25, 0.3) is 0 Å². The van der Waals surface area contributed by atoms with E-state index in [4.69, 9.17) is 10.0 Å². The fourth-order valence-corrected chi connectivity index (χ4v) is 1.25. The lowest BCUT2D eigenvalue weighted by molar-refractivity contribution is 0.488. The molecule has 0 heterocycles. The van der Waals surface area contributed by atoms with Crippen molar-refractivity contribution >= 4 is 7.52 Å². The van der Waals surface area contributed by atoms with Crippen molar-refractivity contribution in [3.8, 4) is 5.75 Å². The molecule has 1 aromatic rings. The Hall–Kier alpha value is -0.860. The van der Waals surface area contributed by atoms with E-state index >= 15 is 0 Å². The molecule has 0 aromatic heterocycles. The largest absolute Gasteiger partial charge is 0.433 e. The van der Waals surface area contributed by atoms with Gasteiger partial charge in [0.15, 0.2) is 0 Å². The van der Waals surface area contributed by atoms with Crippen LogP contribution in [-0.4, -0.2) is 6.66 Å². The van der Waals surface area contributed by atoms with E-state index in [0.29, 0.717) is 5.75 Å². The second kappa shape index (κ2) is 3.25. The van der Waals surface area contributed by atoms with Gasteiger partial charge in [0.05, 0.1) is 0 Å². The van der Waals surface area contributed by atoms with E-state index in [1.807, 2.05) is 0 Å². The van der Waals surface area contributed by atoms with Crippen molar-refractivity contribution < 1.29 is 13.5 Å². The molecule has 0 spiro atoms. The Morgan fingerprint density at radius 2 is 1.92 bits per heavy atom. The van der Waals surface area contributed by atoms with E-state index < -0.39 is 7.52 Å². The fourth-order valence-electron chi connectivity index (χ4n) is 0.705. The van der Waals surface area contributed by atoms with Crippen molar-refractivity contribution in [2.24, 2.45) is 5.50 Å². The average molecular weight is 189 g/mol. The number of nitrogens with two attached hydrogens (primary N) is 1. The summed E-state index contributed by atoms with van der Waals surface area (Å²) in [6, 6.07) is 5.17. The van der Waals surface area contributed by atoms with Gasteiger partial charge in [-0.3, -0.25) is 4.57 Å². The molecule has 0 aliphatic heterocycles. The SMILES string of the molecule is CP(N)(=O)Oc1ccc(F)cc1. The Labute approximate surface area is 69.8 Å². The van der Waals surface area contributed by atoms with Crippen molar-refractivity contribution in [2.75, 3.05) is 6.66 Å². The Balaban J connectivity index is 2.78. The van der Waals surface area contributed by atoms with Crippen LogP contribution in [-0.2, 0) is 4.57 Å². The van der Waals surface area contributed by atoms with Crippen LogP contribution in [0.1, 0.15) is 0 Å². The predicted octanol–water partition coefficient (Wildman–Crippen LogP) is 1.99.